The predicted molar refractivity (Wildman–Crippen MR) is 88.9 cm³/mol. The third-order valence-electron chi connectivity index (χ3n) is 4.22. The molecule has 9 heteroatoms. The second-order valence-electron chi connectivity index (χ2n) is 5.55. The van der Waals surface area contributed by atoms with Crippen molar-refractivity contribution in [2.75, 3.05) is 5.32 Å². The van der Waals surface area contributed by atoms with Crippen LogP contribution in [-0.2, 0) is 14.1 Å². The molecule has 1 aliphatic rings. The average Bonchev–Trinajstić information content (AvgIpc) is 3.05. The highest BCUT2D eigenvalue weighted by Crippen LogP contribution is 2.38. The summed E-state index contributed by atoms with van der Waals surface area (Å²) in [5, 5.41) is 7.75. The Balaban J connectivity index is 2.13. The third kappa shape index (κ3) is 1.86. The van der Waals surface area contributed by atoms with Gasteiger partial charge in [-0.05, 0) is 6.07 Å². The van der Waals surface area contributed by atoms with Crippen molar-refractivity contribution in [3.8, 4) is 0 Å². The molecule has 2 aromatic heterocycles. The van der Waals surface area contributed by atoms with Crippen LogP contribution in [0.25, 0.3) is 0 Å². The first-order valence-corrected chi connectivity index (χ1v) is 7.59. The molecule has 122 valence electrons. The molecule has 0 saturated carbocycles. The first-order valence-electron chi connectivity index (χ1n) is 7.21. The zero-order valence-electron chi connectivity index (χ0n) is 12.9. The number of nitrogens with zero attached hydrogens (tertiary/aromatic N) is 5. The molecule has 1 aromatic carbocycles. The van der Waals surface area contributed by atoms with Crippen LogP contribution < -0.4 is 16.6 Å². The van der Waals surface area contributed by atoms with Gasteiger partial charge in [-0.25, -0.2) is 9.48 Å². The molecule has 0 saturated heterocycles. The molecule has 0 spiro atoms. The third-order valence-corrected chi connectivity index (χ3v) is 4.56. The lowest BCUT2D eigenvalue weighted by molar-refractivity contribution is 0.558. The normalized spacial score (nSPS) is 15.5. The zero-order chi connectivity index (χ0) is 17.0. The summed E-state index contributed by atoms with van der Waals surface area (Å²) in [6.07, 6.45) is 1.39. The van der Waals surface area contributed by atoms with Crippen molar-refractivity contribution in [2.45, 2.75) is 6.04 Å². The van der Waals surface area contributed by atoms with E-state index in [1.165, 1.54) is 17.9 Å². The zero-order valence-corrected chi connectivity index (χ0v) is 13.7. The Morgan fingerprint density at radius 3 is 2.67 bits per heavy atom. The SMILES string of the molecule is Cn1c2c(c(=O)n(C)c1=O)C(c1ccccc1Cl)n1ncnc1N2. The maximum Gasteiger partial charge on any atom is 0.332 e. The standard InChI is InChI=1S/C15H13ClN6O2/c1-20-12-10(13(23)21(2)15(20)24)11(8-5-3-4-6-9(8)16)22-14(19-12)17-7-18-22/h3-7,11H,1-2H3,(H,17,18,19). The van der Waals surface area contributed by atoms with Gasteiger partial charge in [-0.1, -0.05) is 29.8 Å². The summed E-state index contributed by atoms with van der Waals surface area (Å²) in [6, 6.07) is 6.67. The molecule has 1 N–H and O–H groups in total. The molecule has 0 radical (unpaired) electrons. The van der Waals surface area contributed by atoms with Crippen LogP contribution in [0.2, 0.25) is 5.02 Å². The fraction of sp³-hybridized carbons (Fsp3) is 0.200. The number of rotatable bonds is 1. The fourth-order valence-electron chi connectivity index (χ4n) is 3.01. The summed E-state index contributed by atoms with van der Waals surface area (Å²) in [4.78, 5) is 29.2. The van der Waals surface area contributed by atoms with Gasteiger partial charge in [-0.3, -0.25) is 13.9 Å². The van der Waals surface area contributed by atoms with Gasteiger partial charge >= 0.3 is 5.69 Å². The van der Waals surface area contributed by atoms with Crippen LogP contribution in [0.4, 0.5) is 11.8 Å². The molecule has 0 fully saturated rings. The van der Waals surface area contributed by atoms with E-state index in [0.717, 1.165) is 4.57 Å². The van der Waals surface area contributed by atoms with Gasteiger partial charge in [0, 0.05) is 24.7 Å². The van der Waals surface area contributed by atoms with Gasteiger partial charge in [-0.2, -0.15) is 10.1 Å². The highest BCUT2D eigenvalue weighted by molar-refractivity contribution is 6.31. The van der Waals surface area contributed by atoms with Gasteiger partial charge in [-0.15, -0.1) is 0 Å². The topological polar surface area (TPSA) is 86.7 Å². The summed E-state index contributed by atoms with van der Waals surface area (Å²) < 4.78 is 4.06. The molecule has 1 aliphatic heterocycles. The van der Waals surface area contributed by atoms with Gasteiger partial charge in [0.05, 0.1) is 5.56 Å². The van der Waals surface area contributed by atoms with E-state index >= 15 is 0 Å². The molecule has 3 heterocycles. The van der Waals surface area contributed by atoms with Crippen molar-refractivity contribution in [3.63, 3.8) is 0 Å². The van der Waals surface area contributed by atoms with E-state index in [-0.39, 0.29) is 0 Å². The molecule has 1 unspecified atom stereocenters. The highest BCUT2D eigenvalue weighted by Gasteiger charge is 2.34. The summed E-state index contributed by atoms with van der Waals surface area (Å²) >= 11 is 6.36. The number of aromatic nitrogens is 5. The maximum absolute atomic E-state index is 12.8. The summed E-state index contributed by atoms with van der Waals surface area (Å²) in [5.74, 6) is 0.837. The Labute approximate surface area is 140 Å². The summed E-state index contributed by atoms with van der Waals surface area (Å²) in [6.45, 7) is 0. The Morgan fingerprint density at radius 1 is 1.17 bits per heavy atom. The lowest BCUT2D eigenvalue weighted by atomic mass is 9.98. The van der Waals surface area contributed by atoms with E-state index in [9.17, 15) is 9.59 Å². The molecular weight excluding hydrogens is 332 g/mol. The summed E-state index contributed by atoms with van der Waals surface area (Å²) in [7, 11) is 3.05. The van der Waals surface area contributed by atoms with Crippen molar-refractivity contribution in [3.05, 3.63) is 67.6 Å². The Hall–Kier alpha value is -2.87. The van der Waals surface area contributed by atoms with Gasteiger partial charge < -0.3 is 5.32 Å². The minimum absolute atomic E-state index is 0.394. The molecule has 8 nitrogen and oxygen atoms in total. The lowest BCUT2D eigenvalue weighted by Crippen LogP contribution is -2.43. The van der Waals surface area contributed by atoms with Crippen LogP contribution >= 0.6 is 11.6 Å². The van der Waals surface area contributed by atoms with Crippen molar-refractivity contribution in [2.24, 2.45) is 14.1 Å². The van der Waals surface area contributed by atoms with Crippen LogP contribution in [0, 0.1) is 0 Å². The van der Waals surface area contributed by atoms with Crippen molar-refractivity contribution in [1.29, 1.82) is 0 Å². The first kappa shape index (κ1) is 14.7. The average molecular weight is 345 g/mol. The minimum atomic E-state index is -0.571. The lowest BCUT2D eigenvalue weighted by Gasteiger charge is -2.29. The minimum Gasteiger partial charge on any atom is -0.310 e. The quantitative estimate of drug-likeness (QED) is 0.557. The molecule has 1 atom stereocenters. The van der Waals surface area contributed by atoms with Crippen molar-refractivity contribution >= 4 is 23.4 Å². The first-order chi connectivity index (χ1) is 11.5. The van der Waals surface area contributed by atoms with Crippen molar-refractivity contribution in [1.82, 2.24) is 23.9 Å². The largest absolute Gasteiger partial charge is 0.332 e. The van der Waals surface area contributed by atoms with E-state index in [4.69, 9.17) is 11.6 Å². The Morgan fingerprint density at radius 2 is 1.92 bits per heavy atom. The fourth-order valence-corrected chi connectivity index (χ4v) is 3.25. The second kappa shape index (κ2) is 5.07. The number of nitrogens with one attached hydrogen (secondary N) is 1. The number of anilines is 2. The van der Waals surface area contributed by atoms with E-state index in [0.29, 0.717) is 27.9 Å². The van der Waals surface area contributed by atoms with Crippen LogP contribution in [0.3, 0.4) is 0 Å². The molecule has 4 rings (SSSR count). The van der Waals surface area contributed by atoms with Crippen LogP contribution in [0.5, 0.6) is 0 Å². The number of hydrogen-bond acceptors (Lipinski definition) is 5. The Kier molecular flexibility index (Phi) is 3.10. The highest BCUT2D eigenvalue weighted by atomic mass is 35.5. The maximum atomic E-state index is 12.8. The summed E-state index contributed by atoms with van der Waals surface area (Å²) in [5.41, 5.74) is 0.291. The number of halogens is 1. The van der Waals surface area contributed by atoms with Gasteiger partial charge in [0.1, 0.15) is 18.2 Å². The van der Waals surface area contributed by atoms with Crippen LogP contribution in [0.1, 0.15) is 17.2 Å². The predicted octanol–water partition coefficient (Wildman–Crippen LogP) is 1.02. The number of fused-ring (bicyclic) bond motifs is 2. The van der Waals surface area contributed by atoms with Crippen LogP contribution in [-0.4, -0.2) is 23.9 Å². The molecule has 0 amide bonds. The monoisotopic (exact) mass is 344 g/mol. The second-order valence-corrected chi connectivity index (χ2v) is 5.95. The van der Waals surface area contributed by atoms with E-state index in [2.05, 4.69) is 15.4 Å². The molecule has 24 heavy (non-hydrogen) atoms. The molecule has 0 bridgehead atoms. The smallest absolute Gasteiger partial charge is 0.310 e. The van der Waals surface area contributed by atoms with E-state index in [1.807, 2.05) is 18.2 Å². The van der Waals surface area contributed by atoms with Crippen molar-refractivity contribution < 1.29 is 0 Å². The van der Waals surface area contributed by atoms with Gasteiger partial charge in [0.25, 0.3) is 5.56 Å². The van der Waals surface area contributed by atoms with E-state index < -0.39 is 17.3 Å². The van der Waals surface area contributed by atoms with E-state index in [1.54, 1.807) is 17.8 Å². The molecular formula is C15H13ClN6O2. The van der Waals surface area contributed by atoms with Gasteiger partial charge in [0.2, 0.25) is 5.95 Å². The molecule has 0 aliphatic carbocycles. The van der Waals surface area contributed by atoms with Gasteiger partial charge in [0.15, 0.2) is 0 Å². The number of benzene rings is 1. The Bertz CT molecular complexity index is 1080. The van der Waals surface area contributed by atoms with Crippen LogP contribution in [0.15, 0.2) is 40.2 Å². The molecule has 3 aromatic rings. The number of hydrogen-bond donors (Lipinski definition) is 1.